The molecule has 1 heterocycles. The third-order valence-electron chi connectivity index (χ3n) is 3.52. The topological polar surface area (TPSA) is 63.6 Å². The molecule has 0 amide bonds. The number of aliphatic hydroxyl groups is 1. The predicted molar refractivity (Wildman–Crippen MR) is 74.8 cm³/mol. The summed E-state index contributed by atoms with van der Waals surface area (Å²) in [7, 11) is 0. The number of rotatable bonds is 4. The second-order valence-corrected chi connectivity index (χ2v) is 5.05. The van der Waals surface area contributed by atoms with Gasteiger partial charge in [-0.25, -0.2) is 0 Å². The molecule has 0 spiro atoms. The summed E-state index contributed by atoms with van der Waals surface area (Å²) in [4.78, 5) is 23.9. The fourth-order valence-corrected chi connectivity index (χ4v) is 2.19. The van der Waals surface area contributed by atoms with Gasteiger partial charge in [-0.1, -0.05) is 43.3 Å². The van der Waals surface area contributed by atoms with Crippen LogP contribution in [0.1, 0.15) is 12.5 Å². The van der Waals surface area contributed by atoms with Crippen LogP contribution in [0.15, 0.2) is 49.1 Å². The molecule has 0 aliphatic carbocycles. The molecule has 4 heteroatoms. The Morgan fingerprint density at radius 1 is 1.45 bits per heavy atom. The molecule has 0 unspecified atom stereocenters. The second-order valence-electron chi connectivity index (χ2n) is 5.05. The first-order valence-corrected chi connectivity index (χ1v) is 6.28. The molecule has 1 N–H and O–H groups in total. The van der Waals surface area contributed by atoms with E-state index < -0.39 is 23.1 Å². The zero-order valence-corrected chi connectivity index (χ0v) is 11.2. The molecule has 4 nitrogen and oxygen atoms in total. The Morgan fingerprint density at radius 2 is 2.10 bits per heavy atom. The van der Waals surface area contributed by atoms with E-state index in [-0.39, 0.29) is 12.4 Å². The number of benzene rings is 1. The lowest BCUT2D eigenvalue weighted by Crippen LogP contribution is -2.31. The van der Waals surface area contributed by atoms with Crippen molar-refractivity contribution in [3.63, 3.8) is 0 Å². The van der Waals surface area contributed by atoms with E-state index >= 15 is 0 Å². The molecule has 0 radical (unpaired) electrons. The maximum atomic E-state index is 12.2. The molecular formula is C16H16O4. The smallest absolute Gasteiger partial charge is 0.317 e. The first-order valence-electron chi connectivity index (χ1n) is 6.28. The van der Waals surface area contributed by atoms with Crippen LogP contribution in [0.3, 0.4) is 0 Å². The molecule has 1 aliphatic rings. The number of cyclic esters (lactones) is 1. The van der Waals surface area contributed by atoms with Crippen molar-refractivity contribution in [3.8, 4) is 0 Å². The van der Waals surface area contributed by atoms with Gasteiger partial charge in [0.25, 0.3) is 0 Å². The number of aliphatic hydroxyl groups excluding tert-OH is 1. The van der Waals surface area contributed by atoms with E-state index in [1.807, 2.05) is 6.07 Å². The van der Waals surface area contributed by atoms with Gasteiger partial charge in [0.1, 0.15) is 18.3 Å². The first kappa shape index (κ1) is 14.1. The Morgan fingerprint density at radius 3 is 2.70 bits per heavy atom. The number of ketones is 1. The van der Waals surface area contributed by atoms with Gasteiger partial charge in [-0.2, -0.15) is 0 Å². The van der Waals surface area contributed by atoms with Crippen molar-refractivity contribution in [2.24, 2.45) is 11.3 Å². The van der Waals surface area contributed by atoms with E-state index in [0.717, 1.165) is 6.08 Å². The summed E-state index contributed by atoms with van der Waals surface area (Å²) < 4.78 is 4.94. The standard InChI is InChI=1S/C16H16O4/c1-3-16(2)10-20-15(19)14(16)13(18)9-12(17)11-7-5-4-6-8-11/h3-9,14,17H,1,10H2,2H3/t14-,16-/m0/s1. The van der Waals surface area contributed by atoms with Crippen molar-refractivity contribution in [3.05, 3.63) is 54.6 Å². The molecule has 20 heavy (non-hydrogen) atoms. The number of carbonyl (C=O) groups is 2. The van der Waals surface area contributed by atoms with E-state index in [2.05, 4.69) is 6.58 Å². The number of carbonyl (C=O) groups excluding carboxylic acids is 2. The zero-order chi connectivity index (χ0) is 14.8. The van der Waals surface area contributed by atoms with Crippen LogP contribution in [0.5, 0.6) is 0 Å². The van der Waals surface area contributed by atoms with Crippen molar-refractivity contribution >= 4 is 17.5 Å². The van der Waals surface area contributed by atoms with E-state index in [4.69, 9.17) is 4.74 Å². The number of hydrogen-bond donors (Lipinski definition) is 1. The molecule has 2 atom stereocenters. The van der Waals surface area contributed by atoms with Gasteiger partial charge in [-0.3, -0.25) is 9.59 Å². The fraction of sp³-hybridized carbons (Fsp3) is 0.250. The molecule has 0 bridgehead atoms. The quantitative estimate of drug-likeness (QED) is 0.301. The minimum Gasteiger partial charge on any atom is -0.507 e. The van der Waals surface area contributed by atoms with E-state index in [1.54, 1.807) is 37.3 Å². The van der Waals surface area contributed by atoms with Gasteiger partial charge >= 0.3 is 5.97 Å². The normalized spacial score (nSPS) is 26.1. The molecule has 1 fully saturated rings. The van der Waals surface area contributed by atoms with E-state index in [1.165, 1.54) is 0 Å². The van der Waals surface area contributed by atoms with E-state index in [9.17, 15) is 14.7 Å². The molecule has 1 aromatic rings. The Balaban J connectivity index is 2.28. The maximum absolute atomic E-state index is 12.2. The molecule has 1 aromatic carbocycles. The largest absolute Gasteiger partial charge is 0.507 e. The highest BCUT2D eigenvalue weighted by Crippen LogP contribution is 2.37. The third kappa shape index (κ3) is 2.50. The summed E-state index contributed by atoms with van der Waals surface area (Å²) >= 11 is 0. The first-order chi connectivity index (χ1) is 9.48. The number of hydrogen-bond acceptors (Lipinski definition) is 4. The van der Waals surface area contributed by atoms with Crippen molar-refractivity contribution in [2.75, 3.05) is 6.61 Å². The number of ether oxygens (including phenoxy) is 1. The lowest BCUT2D eigenvalue weighted by atomic mass is 9.77. The highest BCUT2D eigenvalue weighted by molar-refractivity contribution is 6.09. The van der Waals surface area contributed by atoms with Crippen LogP contribution in [0.4, 0.5) is 0 Å². The van der Waals surface area contributed by atoms with Crippen LogP contribution in [0.2, 0.25) is 0 Å². The van der Waals surface area contributed by atoms with Gasteiger partial charge in [0, 0.05) is 17.1 Å². The summed E-state index contributed by atoms with van der Waals surface area (Å²) in [6, 6.07) is 8.67. The van der Waals surface area contributed by atoms with Crippen LogP contribution in [-0.2, 0) is 14.3 Å². The summed E-state index contributed by atoms with van der Waals surface area (Å²) in [5.74, 6) is -2.17. The zero-order valence-electron chi connectivity index (χ0n) is 11.2. The van der Waals surface area contributed by atoms with Gasteiger partial charge < -0.3 is 9.84 Å². The van der Waals surface area contributed by atoms with Crippen LogP contribution in [0, 0.1) is 11.3 Å². The highest BCUT2D eigenvalue weighted by Gasteiger charge is 2.48. The SMILES string of the molecule is C=C[C@@]1(C)COC(=O)[C@@H]1C(=O)C=C(O)c1ccccc1. The molecule has 1 aliphatic heterocycles. The molecule has 2 rings (SSSR count). The predicted octanol–water partition coefficient (Wildman–Crippen LogP) is 2.52. The summed E-state index contributed by atoms with van der Waals surface area (Å²) in [5.41, 5.74) is -0.214. The Bertz CT molecular complexity index is 573. The highest BCUT2D eigenvalue weighted by atomic mass is 16.5. The van der Waals surface area contributed by atoms with Crippen LogP contribution in [-0.4, -0.2) is 23.5 Å². The lowest BCUT2D eigenvalue weighted by Gasteiger charge is -2.20. The summed E-state index contributed by atoms with van der Waals surface area (Å²) in [6.07, 6.45) is 2.63. The molecular weight excluding hydrogens is 256 g/mol. The van der Waals surface area contributed by atoms with Gasteiger partial charge in [0.15, 0.2) is 5.78 Å². The Hall–Kier alpha value is -2.36. The lowest BCUT2D eigenvalue weighted by molar-refractivity contribution is -0.143. The van der Waals surface area contributed by atoms with Crippen molar-refractivity contribution < 1.29 is 19.4 Å². The number of allylic oxidation sites excluding steroid dienone is 1. The average Bonchev–Trinajstić information content (AvgIpc) is 2.76. The van der Waals surface area contributed by atoms with Gasteiger partial charge in [0.2, 0.25) is 0 Å². The summed E-state index contributed by atoms with van der Waals surface area (Å²) in [6.45, 7) is 5.52. The minimum absolute atomic E-state index is 0.131. The van der Waals surface area contributed by atoms with Crippen LogP contribution in [0.25, 0.3) is 5.76 Å². The van der Waals surface area contributed by atoms with Crippen molar-refractivity contribution in [1.29, 1.82) is 0 Å². The fourth-order valence-electron chi connectivity index (χ4n) is 2.19. The van der Waals surface area contributed by atoms with Crippen LogP contribution < -0.4 is 0 Å². The second kappa shape index (κ2) is 5.33. The molecule has 0 aromatic heterocycles. The average molecular weight is 272 g/mol. The molecule has 104 valence electrons. The molecule has 1 saturated heterocycles. The van der Waals surface area contributed by atoms with Crippen LogP contribution >= 0.6 is 0 Å². The van der Waals surface area contributed by atoms with E-state index in [0.29, 0.717) is 5.56 Å². The molecule has 0 saturated carbocycles. The van der Waals surface area contributed by atoms with Gasteiger partial charge in [0.05, 0.1) is 0 Å². The Kier molecular flexibility index (Phi) is 3.74. The number of esters is 1. The third-order valence-corrected chi connectivity index (χ3v) is 3.52. The minimum atomic E-state index is -0.953. The van der Waals surface area contributed by atoms with Crippen molar-refractivity contribution in [2.45, 2.75) is 6.92 Å². The van der Waals surface area contributed by atoms with Gasteiger partial charge in [-0.05, 0) is 0 Å². The maximum Gasteiger partial charge on any atom is 0.317 e. The van der Waals surface area contributed by atoms with Crippen molar-refractivity contribution in [1.82, 2.24) is 0 Å². The van der Waals surface area contributed by atoms with Gasteiger partial charge in [-0.15, -0.1) is 6.58 Å². The Labute approximate surface area is 117 Å². The monoisotopic (exact) mass is 272 g/mol. The summed E-state index contributed by atoms with van der Waals surface area (Å²) in [5, 5.41) is 9.94.